The highest BCUT2D eigenvalue weighted by atomic mass is 16.5. The first-order valence-electron chi connectivity index (χ1n) is 4.00. The molecule has 1 aromatic rings. The Morgan fingerprint density at radius 2 is 2.25 bits per heavy atom. The minimum Gasteiger partial charge on any atom is -0.477 e. The molecule has 0 fully saturated rings. The second-order valence-corrected chi connectivity index (χ2v) is 2.40. The van der Waals surface area contributed by atoms with Gasteiger partial charge in [-0.05, 0) is 6.42 Å². The lowest BCUT2D eigenvalue weighted by molar-refractivity contribution is 0.303. The number of hydrogen-bond donors (Lipinski definition) is 1. The Labute approximate surface area is 71.8 Å². The van der Waals surface area contributed by atoms with Gasteiger partial charge in [-0.3, -0.25) is 4.98 Å². The zero-order valence-corrected chi connectivity index (χ0v) is 7.16. The SMILES string of the molecule is CCCOc1cnc(CN)cn1. The summed E-state index contributed by atoms with van der Waals surface area (Å²) in [5, 5.41) is 0. The predicted molar refractivity (Wildman–Crippen MR) is 45.7 cm³/mol. The summed E-state index contributed by atoms with van der Waals surface area (Å²) in [6.07, 6.45) is 4.20. The summed E-state index contributed by atoms with van der Waals surface area (Å²) in [6.45, 7) is 3.14. The van der Waals surface area contributed by atoms with Gasteiger partial charge in [0, 0.05) is 6.54 Å². The van der Waals surface area contributed by atoms with E-state index in [1.165, 1.54) is 0 Å². The van der Waals surface area contributed by atoms with E-state index >= 15 is 0 Å². The molecule has 0 radical (unpaired) electrons. The van der Waals surface area contributed by atoms with E-state index in [1.54, 1.807) is 12.4 Å². The second kappa shape index (κ2) is 4.66. The minimum atomic E-state index is 0.418. The van der Waals surface area contributed by atoms with Crippen molar-refractivity contribution in [2.45, 2.75) is 19.9 Å². The molecule has 12 heavy (non-hydrogen) atoms. The van der Waals surface area contributed by atoms with Crippen molar-refractivity contribution in [1.29, 1.82) is 0 Å². The molecule has 4 heteroatoms. The molecule has 1 aromatic heterocycles. The average molecular weight is 167 g/mol. The van der Waals surface area contributed by atoms with Gasteiger partial charge in [0.2, 0.25) is 5.88 Å². The number of hydrogen-bond acceptors (Lipinski definition) is 4. The van der Waals surface area contributed by atoms with E-state index in [0.29, 0.717) is 19.0 Å². The van der Waals surface area contributed by atoms with Gasteiger partial charge in [0.1, 0.15) is 0 Å². The Hall–Kier alpha value is -1.16. The van der Waals surface area contributed by atoms with E-state index in [0.717, 1.165) is 12.1 Å². The maximum atomic E-state index is 5.36. The van der Waals surface area contributed by atoms with E-state index in [2.05, 4.69) is 9.97 Å². The third kappa shape index (κ3) is 2.47. The van der Waals surface area contributed by atoms with E-state index in [1.807, 2.05) is 6.92 Å². The lowest BCUT2D eigenvalue weighted by atomic mass is 10.4. The molecule has 2 N–H and O–H groups in total. The van der Waals surface area contributed by atoms with Gasteiger partial charge < -0.3 is 10.5 Å². The molecule has 0 amide bonds. The normalized spacial score (nSPS) is 9.83. The Kier molecular flexibility index (Phi) is 3.47. The number of nitrogens with two attached hydrogens (primary N) is 1. The summed E-state index contributed by atoms with van der Waals surface area (Å²) in [5.74, 6) is 0.564. The van der Waals surface area contributed by atoms with E-state index in [-0.39, 0.29) is 0 Å². The van der Waals surface area contributed by atoms with Crippen molar-refractivity contribution in [3.8, 4) is 5.88 Å². The second-order valence-electron chi connectivity index (χ2n) is 2.40. The van der Waals surface area contributed by atoms with Crippen molar-refractivity contribution in [2.24, 2.45) is 5.73 Å². The molecule has 0 aliphatic heterocycles. The zero-order valence-electron chi connectivity index (χ0n) is 7.16. The van der Waals surface area contributed by atoms with Gasteiger partial charge in [-0.25, -0.2) is 4.98 Å². The molecule has 0 spiro atoms. The first-order chi connectivity index (χ1) is 5.86. The molecule has 4 nitrogen and oxygen atoms in total. The van der Waals surface area contributed by atoms with Crippen LogP contribution in [0, 0.1) is 0 Å². The molecular formula is C8H13N3O. The molecule has 1 rings (SSSR count). The van der Waals surface area contributed by atoms with Crippen molar-refractivity contribution < 1.29 is 4.74 Å². The van der Waals surface area contributed by atoms with Crippen LogP contribution in [0.4, 0.5) is 0 Å². The average Bonchev–Trinajstić information content (AvgIpc) is 2.15. The van der Waals surface area contributed by atoms with Crippen LogP contribution in [-0.2, 0) is 6.54 Å². The van der Waals surface area contributed by atoms with Crippen molar-refractivity contribution in [1.82, 2.24) is 9.97 Å². The Balaban J connectivity index is 2.53. The Bertz CT molecular complexity index is 222. The number of rotatable bonds is 4. The highest BCUT2D eigenvalue weighted by molar-refractivity contribution is 5.06. The Morgan fingerprint density at radius 3 is 2.75 bits per heavy atom. The van der Waals surface area contributed by atoms with E-state index in [4.69, 9.17) is 10.5 Å². The summed E-state index contributed by atoms with van der Waals surface area (Å²) < 4.78 is 5.24. The number of nitrogens with zero attached hydrogens (tertiary/aromatic N) is 2. The van der Waals surface area contributed by atoms with E-state index < -0.39 is 0 Å². The van der Waals surface area contributed by atoms with Crippen LogP contribution < -0.4 is 10.5 Å². The smallest absolute Gasteiger partial charge is 0.232 e. The van der Waals surface area contributed by atoms with Crippen molar-refractivity contribution >= 4 is 0 Å². The van der Waals surface area contributed by atoms with Gasteiger partial charge in [0.15, 0.2) is 0 Å². The lowest BCUT2D eigenvalue weighted by Crippen LogP contribution is -2.02. The van der Waals surface area contributed by atoms with Crippen molar-refractivity contribution in [3.63, 3.8) is 0 Å². The van der Waals surface area contributed by atoms with Crippen LogP contribution in [0.3, 0.4) is 0 Å². The summed E-state index contributed by atoms with van der Waals surface area (Å²) >= 11 is 0. The summed E-state index contributed by atoms with van der Waals surface area (Å²) in [5.41, 5.74) is 6.13. The minimum absolute atomic E-state index is 0.418. The first-order valence-corrected chi connectivity index (χ1v) is 4.00. The monoisotopic (exact) mass is 167 g/mol. The third-order valence-electron chi connectivity index (χ3n) is 1.34. The Morgan fingerprint density at radius 1 is 1.42 bits per heavy atom. The van der Waals surface area contributed by atoms with Crippen molar-refractivity contribution in [2.75, 3.05) is 6.61 Å². The summed E-state index contributed by atoms with van der Waals surface area (Å²) in [7, 11) is 0. The van der Waals surface area contributed by atoms with Crippen molar-refractivity contribution in [3.05, 3.63) is 18.1 Å². The van der Waals surface area contributed by atoms with Gasteiger partial charge in [0.25, 0.3) is 0 Å². The molecule has 0 aliphatic carbocycles. The van der Waals surface area contributed by atoms with Crippen LogP contribution in [0.25, 0.3) is 0 Å². The lowest BCUT2D eigenvalue weighted by Gasteiger charge is -2.02. The fraction of sp³-hybridized carbons (Fsp3) is 0.500. The molecule has 1 heterocycles. The molecule has 0 unspecified atom stereocenters. The van der Waals surface area contributed by atoms with Crippen LogP contribution in [0.1, 0.15) is 19.0 Å². The van der Waals surface area contributed by atoms with Gasteiger partial charge in [-0.2, -0.15) is 0 Å². The summed E-state index contributed by atoms with van der Waals surface area (Å²) in [4.78, 5) is 8.06. The summed E-state index contributed by atoms with van der Waals surface area (Å²) in [6, 6.07) is 0. The number of aromatic nitrogens is 2. The molecule has 0 atom stereocenters. The first kappa shape index (κ1) is 8.93. The van der Waals surface area contributed by atoms with Crippen LogP contribution >= 0.6 is 0 Å². The predicted octanol–water partition coefficient (Wildman–Crippen LogP) is 0.724. The van der Waals surface area contributed by atoms with Crippen LogP contribution in [0.2, 0.25) is 0 Å². The largest absolute Gasteiger partial charge is 0.477 e. The molecule has 66 valence electrons. The molecule has 0 saturated carbocycles. The zero-order chi connectivity index (χ0) is 8.81. The van der Waals surface area contributed by atoms with Crippen LogP contribution in [0.5, 0.6) is 5.88 Å². The van der Waals surface area contributed by atoms with E-state index in [9.17, 15) is 0 Å². The van der Waals surface area contributed by atoms with Crippen LogP contribution in [0.15, 0.2) is 12.4 Å². The molecule has 0 saturated heterocycles. The molecular weight excluding hydrogens is 154 g/mol. The molecule has 0 aliphatic rings. The van der Waals surface area contributed by atoms with Gasteiger partial charge >= 0.3 is 0 Å². The third-order valence-corrected chi connectivity index (χ3v) is 1.34. The quantitative estimate of drug-likeness (QED) is 0.718. The fourth-order valence-electron chi connectivity index (χ4n) is 0.730. The molecule has 0 bridgehead atoms. The maximum Gasteiger partial charge on any atom is 0.232 e. The van der Waals surface area contributed by atoms with Crippen LogP contribution in [-0.4, -0.2) is 16.6 Å². The fourth-order valence-corrected chi connectivity index (χ4v) is 0.730. The van der Waals surface area contributed by atoms with Gasteiger partial charge in [-0.15, -0.1) is 0 Å². The van der Waals surface area contributed by atoms with Gasteiger partial charge in [-0.1, -0.05) is 6.92 Å². The topological polar surface area (TPSA) is 61.0 Å². The van der Waals surface area contributed by atoms with Gasteiger partial charge in [0.05, 0.1) is 24.7 Å². The highest BCUT2D eigenvalue weighted by Gasteiger charge is 1.95. The number of ether oxygens (including phenoxy) is 1. The standard InChI is InChI=1S/C8H13N3O/c1-2-3-12-8-6-10-7(4-9)5-11-8/h5-6H,2-4,9H2,1H3. The maximum absolute atomic E-state index is 5.36. The molecule has 0 aromatic carbocycles. The highest BCUT2D eigenvalue weighted by Crippen LogP contribution is 2.03.